The van der Waals surface area contributed by atoms with E-state index in [1.54, 1.807) is 20.8 Å². The lowest BCUT2D eigenvalue weighted by Crippen LogP contribution is -2.46. The van der Waals surface area contributed by atoms with Crippen LogP contribution < -0.4 is 4.72 Å². The van der Waals surface area contributed by atoms with Gasteiger partial charge in [-0.2, -0.15) is 5.26 Å². The molecule has 3 nitrogen and oxygen atoms in total. The Morgan fingerprint density at radius 2 is 1.92 bits per heavy atom. The Morgan fingerprint density at radius 1 is 1.46 bits per heavy atom. The molecule has 0 saturated carbocycles. The molecular weight excluding hydrogens is 198 g/mol. The van der Waals surface area contributed by atoms with Crippen LogP contribution in [0.4, 0.5) is 8.78 Å². The van der Waals surface area contributed by atoms with E-state index in [-0.39, 0.29) is 0 Å². The SMILES string of the molecule is CC(C)(C)[S+]([O-])N[C@H](C#N)C(F)F. The lowest BCUT2D eigenvalue weighted by atomic mass is 10.3. The molecule has 0 aromatic carbocycles. The first-order valence-electron chi connectivity index (χ1n) is 3.65. The van der Waals surface area contributed by atoms with Crippen LogP contribution >= 0.6 is 0 Å². The third-order valence-corrected chi connectivity index (χ3v) is 2.76. The van der Waals surface area contributed by atoms with Crippen LogP contribution in [0, 0.1) is 11.3 Å². The average molecular weight is 210 g/mol. The van der Waals surface area contributed by atoms with Crippen molar-refractivity contribution in [2.24, 2.45) is 0 Å². The van der Waals surface area contributed by atoms with Gasteiger partial charge in [0, 0.05) is 11.4 Å². The molecule has 0 rings (SSSR count). The number of halogens is 2. The molecule has 1 unspecified atom stereocenters. The standard InChI is InChI=1S/C7H12F2N2OS/c1-7(2,3)13(12)11-5(4-10)6(8)9/h5-6,11H,1-3H3/t5-,13?/m1/s1. The largest absolute Gasteiger partial charge is 0.598 e. The molecule has 2 atom stereocenters. The molecule has 0 fully saturated rings. The van der Waals surface area contributed by atoms with Crippen molar-refractivity contribution in [1.29, 1.82) is 5.26 Å². The summed E-state index contributed by atoms with van der Waals surface area (Å²) in [5.41, 5.74) is 0. The van der Waals surface area contributed by atoms with Gasteiger partial charge in [-0.05, 0) is 20.8 Å². The van der Waals surface area contributed by atoms with Gasteiger partial charge in [0.2, 0.25) is 0 Å². The maximum atomic E-state index is 12.0. The van der Waals surface area contributed by atoms with Gasteiger partial charge < -0.3 is 4.55 Å². The van der Waals surface area contributed by atoms with Crippen molar-refractivity contribution < 1.29 is 13.3 Å². The molecule has 0 aliphatic carbocycles. The topological polar surface area (TPSA) is 58.9 Å². The van der Waals surface area contributed by atoms with Crippen LogP contribution in [0.25, 0.3) is 0 Å². The van der Waals surface area contributed by atoms with Gasteiger partial charge in [0.15, 0.2) is 6.04 Å². The molecule has 0 heterocycles. The molecule has 0 bridgehead atoms. The van der Waals surface area contributed by atoms with Crippen LogP contribution in [-0.4, -0.2) is 21.8 Å². The van der Waals surface area contributed by atoms with Crippen molar-refractivity contribution in [3.63, 3.8) is 0 Å². The summed E-state index contributed by atoms with van der Waals surface area (Å²) in [4.78, 5) is 0. The first-order chi connectivity index (χ1) is 5.79. The monoisotopic (exact) mass is 210 g/mol. The summed E-state index contributed by atoms with van der Waals surface area (Å²) >= 11 is -1.64. The number of rotatable bonds is 3. The molecule has 6 heteroatoms. The Balaban J connectivity index is 4.20. The van der Waals surface area contributed by atoms with E-state index in [1.165, 1.54) is 6.07 Å². The highest BCUT2D eigenvalue weighted by molar-refractivity contribution is 7.90. The van der Waals surface area contributed by atoms with Crippen LogP contribution in [0.3, 0.4) is 0 Å². The van der Waals surface area contributed by atoms with E-state index in [4.69, 9.17) is 5.26 Å². The van der Waals surface area contributed by atoms with E-state index in [9.17, 15) is 13.3 Å². The van der Waals surface area contributed by atoms with Crippen LogP contribution in [0.15, 0.2) is 0 Å². The van der Waals surface area contributed by atoms with E-state index in [2.05, 4.69) is 4.72 Å². The molecule has 0 aromatic rings. The van der Waals surface area contributed by atoms with Gasteiger partial charge in [-0.3, -0.25) is 0 Å². The van der Waals surface area contributed by atoms with E-state index < -0.39 is 28.6 Å². The molecule has 0 aliphatic rings. The van der Waals surface area contributed by atoms with Crippen LogP contribution in [0.1, 0.15) is 20.8 Å². The van der Waals surface area contributed by atoms with Crippen molar-refractivity contribution in [3.05, 3.63) is 0 Å². The fourth-order valence-corrected chi connectivity index (χ4v) is 1.17. The van der Waals surface area contributed by atoms with Gasteiger partial charge in [0.05, 0.1) is 6.07 Å². The Kier molecular flexibility index (Phi) is 4.61. The lowest BCUT2D eigenvalue weighted by molar-refractivity contribution is 0.129. The number of alkyl halides is 2. The van der Waals surface area contributed by atoms with Crippen molar-refractivity contribution in [1.82, 2.24) is 4.72 Å². The molecule has 1 N–H and O–H groups in total. The Labute approximate surface area is 79.4 Å². The van der Waals surface area contributed by atoms with E-state index in [1.807, 2.05) is 0 Å². The van der Waals surface area contributed by atoms with Crippen molar-refractivity contribution in [2.45, 2.75) is 38.0 Å². The number of hydrogen-bond acceptors (Lipinski definition) is 3. The second-order valence-electron chi connectivity index (χ2n) is 3.44. The first-order valence-corrected chi connectivity index (χ1v) is 4.80. The number of hydrogen-bond donors (Lipinski definition) is 1. The Morgan fingerprint density at radius 3 is 2.15 bits per heavy atom. The normalized spacial score (nSPS) is 16.8. The van der Waals surface area contributed by atoms with Crippen molar-refractivity contribution >= 4 is 11.4 Å². The molecular formula is C7H12F2N2OS. The van der Waals surface area contributed by atoms with E-state index in [0.29, 0.717) is 0 Å². The molecule has 0 aromatic heterocycles. The zero-order chi connectivity index (χ0) is 10.6. The third-order valence-electron chi connectivity index (χ3n) is 1.18. The first kappa shape index (κ1) is 12.6. The highest BCUT2D eigenvalue weighted by Crippen LogP contribution is 2.15. The summed E-state index contributed by atoms with van der Waals surface area (Å²) in [6.45, 7) is 4.90. The minimum Gasteiger partial charge on any atom is -0.598 e. The lowest BCUT2D eigenvalue weighted by Gasteiger charge is -2.25. The second-order valence-corrected chi connectivity index (χ2v) is 5.44. The molecule has 0 radical (unpaired) electrons. The summed E-state index contributed by atoms with van der Waals surface area (Å²) in [5.74, 6) is 0. The number of nitriles is 1. The summed E-state index contributed by atoms with van der Waals surface area (Å²) in [5, 5.41) is 8.28. The third kappa shape index (κ3) is 4.41. The average Bonchev–Trinajstić information content (AvgIpc) is 1.96. The zero-order valence-electron chi connectivity index (χ0n) is 7.67. The van der Waals surface area contributed by atoms with Crippen molar-refractivity contribution in [3.8, 4) is 6.07 Å². The second kappa shape index (κ2) is 4.74. The molecule has 13 heavy (non-hydrogen) atoms. The van der Waals surface area contributed by atoms with E-state index >= 15 is 0 Å². The Hall–Kier alpha value is -0.380. The highest BCUT2D eigenvalue weighted by Gasteiger charge is 2.32. The van der Waals surface area contributed by atoms with Gasteiger partial charge in [-0.15, -0.1) is 4.72 Å². The van der Waals surface area contributed by atoms with Crippen LogP contribution in [0.5, 0.6) is 0 Å². The van der Waals surface area contributed by atoms with Gasteiger partial charge in [-0.1, -0.05) is 0 Å². The summed E-state index contributed by atoms with van der Waals surface area (Å²) < 4.78 is 36.7. The highest BCUT2D eigenvalue weighted by atomic mass is 32.2. The fraction of sp³-hybridized carbons (Fsp3) is 0.857. The fourth-order valence-electron chi connectivity index (χ4n) is 0.426. The minimum atomic E-state index is -2.82. The predicted molar refractivity (Wildman–Crippen MR) is 46.4 cm³/mol. The maximum absolute atomic E-state index is 12.0. The van der Waals surface area contributed by atoms with E-state index in [0.717, 1.165) is 0 Å². The zero-order valence-corrected chi connectivity index (χ0v) is 8.49. The van der Waals surface area contributed by atoms with Crippen molar-refractivity contribution in [2.75, 3.05) is 0 Å². The maximum Gasteiger partial charge on any atom is 0.271 e. The minimum absolute atomic E-state index is 0.649. The number of nitrogens with zero attached hydrogens (tertiary/aromatic N) is 1. The van der Waals surface area contributed by atoms with Gasteiger partial charge in [0.1, 0.15) is 4.75 Å². The summed E-state index contributed by atoms with van der Waals surface area (Å²) in [6.07, 6.45) is -2.82. The summed E-state index contributed by atoms with van der Waals surface area (Å²) in [6, 6.07) is -0.316. The molecule has 0 amide bonds. The molecule has 0 saturated heterocycles. The predicted octanol–water partition coefficient (Wildman–Crippen LogP) is 1.20. The van der Waals surface area contributed by atoms with Gasteiger partial charge >= 0.3 is 0 Å². The van der Waals surface area contributed by atoms with Crippen LogP contribution in [-0.2, 0) is 11.4 Å². The quantitative estimate of drug-likeness (QED) is 0.712. The smallest absolute Gasteiger partial charge is 0.271 e. The molecule has 76 valence electrons. The van der Waals surface area contributed by atoms with Gasteiger partial charge in [-0.25, -0.2) is 8.78 Å². The van der Waals surface area contributed by atoms with Crippen LogP contribution in [0.2, 0.25) is 0 Å². The number of nitrogens with one attached hydrogen (secondary N) is 1. The molecule has 0 aliphatic heterocycles. The summed E-state index contributed by atoms with van der Waals surface area (Å²) in [7, 11) is 0. The van der Waals surface area contributed by atoms with Gasteiger partial charge in [0.25, 0.3) is 6.43 Å². The molecule has 0 spiro atoms. The Bertz CT molecular complexity index is 200.